The molecule has 3 heterocycles. The van der Waals surface area contributed by atoms with Crippen molar-refractivity contribution in [3.63, 3.8) is 0 Å². The number of thiophene rings is 1. The van der Waals surface area contributed by atoms with Gasteiger partial charge in [0.1, 0.15) is 5.69 Å². The van der Waals surface area contributed by atoms with Gasteiger partial charge in [0, 0.05) is 36.4 Å². The van der Waals surface area contributed by atoms with Crippen molar-refractivity contribution < 1.29 is 30.0 Å². The summed E-state index contributed by atoms with van der Waals surface area (Å²) in [7, 11) is 0. The first kappa shape index (κ1) is 23.1. The fourth-order valence-corrected chi connectivity index (χ4v) is 5.44. The van der Waals surface area contributed by atoms with E-state index in [4.69, 9.17) is 10.1 Å². The van der Waals surface area contributed by atoms with Gasteiger partial charge in [0.2, 0.25) is 0 Å². The molecule has 6 heteroatoms. The van der Waals surface area contributed by atoms with Crippen LogP contribution in [0.5, 0.6) is 0 Å². The van der Waals surface area contributed by atoms with Gasteiger partial charge in [0.25, 0.3) is 0 Å². The predicted octanol–water partition coefficient (Wildman–Crippen LogP) is 7.33. The van der Waals surface area contributed by atoms with Gasteiger partial charge < -0.3 is 5.11 Å². The molecule has 0 saturated carbocycles. The van der Waals surface area contributed by atoms with Gasteiger partial charge >= 0.3 is 5.97 Å². The minimum Gasteiger partial charge on any atom is -0.477 e. The maximum atomic E-state index is 10.1. The van der Waals surface area contributed by atoms with Gasteiger partial charge in [-0.15, -0.1) is 23.8 Å². The third kappa shape index (κ3) is 4.17. The third-order valence-corrected chi connectivity index (χ3v) is 6.95. The van der Waals surface area contributed by atoms with Crippen molar-refractivity contribution in [2.45, 2.75) is 0 Å². The molecule has 3 aromatic heterocycles. The van der Waals surface area contributed by atoms with Crippen LogP contribution in [0.4, 0.5) is 0 Å². The van der Waals surface area contributed by atoms with Gasteiger partial charge in [-0.1, -0.05) is 60.0 Å². The molecular weight excluding hydrogens is 633 g/mol. The first-order valence-electron chi connectivity index (χ1n) is 10.8. The summed E-state index contributed by atoms with van der Waals surface area (Å²) in [5.74, 6) is -0.990. The fourth-order valence-electron chi connectivity index (χ4n) is 4.33. The van der Waals surface area contributed by atoms with Crippen LogP contribution in [0.2, 0.25) is 0 Å². The van der Waals surface area contributed by atoms with Crippen molar-refractivity contribution in [2.75, 3.05) is 0 Å². The van der Waals surface area contributed by atoms with E-state index in [-0.39, 0.29) is 25.8 Å². The molecular formula is C29H17IrN2O2S-. The number of aromatic carboxylic acids is 1. The number of carbonyl (C=O) groups is 1. The van der Waals surface area contributed by atoms with Crippen molar-refractivity contribution in [1.29, 1.82) is 0 Å². The van der Waals surface area contributed by atoms with Crippen LogP contribution in [0.15, 0.2) is 85.1 Å². The Hall–Kier alpha value is -3.70. The van der Waals surface area contributed by atoms with E-state index in [1.165, 1.54) is 48.9 Å². The number of pyridine rings is 2. The van der Waals surface area contributed by atoms with E-state index in [0.29, 0.717) is 0 Å². The molecule has 1 N–H and O–H groups in total. The Balaban J connectivity index is 0.000000217. The number of carboxylic acids is 1. The van der Waals surface area contributed by atoms with Crippen molar-refractivity contribution in [3.05, 3.63) is 108 Å². The van der Waals surface area contributed by atoms with Gasteiger partial charge in [-0.25, -0.2) is 9.78 Å². The molecule has 0 bridgehead atoms. The van der Waals surface area contributed by atoms with E-state index in [2.05, 4.69) is 77.8 Å². The second kappa shape index (κ2) is 9.51. The zero-order valence-electron chi connectivity index (χ0n) is 18.2. The number of benzene rings is 3. The van der Waals surface area contributed by atoms with Crippen molar-refractivity contribution >= 4 is 60.5 Å². The van der Waals surface area contributed by atoms with Gasteiger partial charge in [0.15, 0.2) is 0 Å². The number of rotatable bonds is 2. The second-order valence-electron chi connectivity index (χ2n) is 7.88. The molecule has 0 atom stereocenters. The molecule has 0 amide bonds. The zero-order chi connectivity index (χ0) is 23.1. The predicted molar refractivity (Wildman–Crippen MR) is 139 cm³/mol. The number of hydrogen-bond acceptors (Lipinski definition) is 4. The molecule has 1 radical (unpaired) electrons. The first-order valence-corrected chi connectivity index (χ1v) is 11.6. The number of aromatic nitrogens is 2. The van der Waals surface area contributed by atoms with Crippen LogP contribution < -0.4 is 0 Å². The first-order chi connectivity index (χ1) is 16.7. The summed E-state index contributed by atoms with van der Waals surface area (Å²) in [6.07, 6.45) is 5.81. The van der Waals surface area contributed by atoms with E-state index in [9.17, 15) is 4.79 Å². The number of nitrogens with zero attached hydrogens (tertiary/aromatic N) is 2. The Labute approximate surface area is 219 Å². The Kier molecular flexibility index (Phi) is 6.27. The fraction of sp³-hybridized carbons (Fsp3) is 0. The normalized spacial score (nSPS) is 11.3. The Morgan fingerprint density at radius 1 is 0.857 bits per heavy atom. The summed E-state index contributed by atoms with van der Waals surface area (Å²) in [6, 6.07) is 29.5. The molecule has 35 heavy (non-hydrogen) atoms. The SMILES string of the molecule is O=C(O)c1ccccn1.[Ir].[c-]1ccc2sc3ccccc3c2c1-c1cc2c3c(cccc3n1)C=C2. The molecule has 1 aliphatic carbocycles. The summed E-state index contributed by atoms with van der Waals surface area (Å²) in [4.78, 5) is 18.7. The van der Waals surface area contributed by atoms with Crippen LogP contribution in [0.1, 0.15) is 21.6 Å². The van der Waals surface area contributed by atoms with Crippen molar-refractivity contribution in [2.24, 2.45) is 0 Å². The van der Waals surface area contributed by atoms with Crippen LogP contribution in [-0.2, 0) is 20.1 Å². The Morgan fingerprint density at radius 2 is 1.69 bits per heavy atom. The molecule has 7 rings (SSSR count). The molecule has 3 aromatic carbocycles. The average molecular weight is 650 g/mol. The van der Waals surface area contributed by atoms with Gasteiger partial charge in [-0.3, -0.25) is 4.98 Å². The Morgan fingerprint density at radius 3 is 2.49 bits per heavy atom. The monoisotopic (exact) mass is 650 g/mol. The quantitative estimate of drug-likeness (QED) is 0.199. The molecule has 171 valence electrons. The van der Waals surface area contributed by atoms with Crippen molar-refractivity contribution in [3.8, 4) is 11.3 Å². The molecule has 6 aromatic rings. The smallest absolute Gasteiger partial charge is 0.354 e. The maximum absolute atomic E-state index is 10.1. The average Bonchev–Trinajstić information content (AvgIpc) is 3.47. The summed E-state index contributed by atoms with van der Waals surface area (Å²) in [6.45, 7) is 0. The van der Waals surface area contributed by atoms with Gasteiger partial charge in [-0.05, 0) is 51.2 Å². The largest absolute Gasteiger partial charge is 0.477 e. The topological polar surface area (TPSA) is 63.1 Å². The van der Waals surface area contributed by atoms with Crippen LogP contribution in [0.3, 0.4) is 0 Å². The maximum Gasteiger partial charge on any atom is 0.354 e. The zero-order valence-corrected chi connectivity index (χ0v) is 21.4. The second-order valence-corrected chi connectivity index (χ2v) is 8.97. The molecule has 0 spiro atoms. The number of carboxylic acid groups (broad SMARTS) is 1. The minimum atomic E-state index is -0.990. The molecule has 0 fully saturated rings. The summed E-state index contributed by atoms with van der Waals surface area (Å²) in [5, 5.41) is 12.1. The van der Waals surface area contributed by atoms with Crippen LogP contribution in [-0.4, -0.2) is 21.0 Å². The number of hydrogen-bond donors (Lipinski definition) is 1. The number of fused-ring (bicyclic) bond motifs is 3. The standard InChI is InChI=1S/C23H12NS.C6H5NO2.Ir/c1-2-9-20-17(6-1)23-16(7-4-10-21(23)25-20)19-13-15-12-11-14-5-3-8-18(24-19)22(14)15;8-6(9)5-3-1-2-4-7-5;/h1-6,8-13H;1-4H,(H,8,9);/q-1;;. The van der Waals surface area contributed by atoms with E-state index < -0.39 is 5.97 Å². The molecule has 4 nitrogen and oxygen atoms in total. The molecule has 1 aliphatic rings. The molecule has 0 aliphatic heterocycles. The van der Waals surface area contributed by atoms with E-state index in [1.54, 1.807) is 12.1 Å². The van der Waals surface area contributed by atoms with Gasteiger partial charge in [-0.2, -0.15) is 11.3 Å². The van der Waals surface area contributed by atoms with Gasteiger partial charge in [0.05, 0.1) is 5.52 Å². The van der Waals surface area contributed by atoms with E-state index >= 15 is 0 Å². The molecule has 0 saturated heterocycles. The van der Waals surface area contributed by atoms with Crippen LogP contribution in [0.25, 0.3) is 54.5 Å². The summed E-state index contributed by atoms with van der Waals surface area (Å²) >= 11 is 1.83. The minimum absolute atomic E-state index is 0. The van der Waals surface area contributed by atoms with Crippen LogP contribution >= 0.6 is 11.3 Å². The van der Waals surface area contributed by atoms with E-state index in [1.807, 2.05) is 17.4 Å². The van der Waals surface area contributed by atoms with Crippen molar-refractivity contribution in [1.82, 2.24) is 9.97 Å². The summed E-state index contributed by atoms with van der Waals surface area (Å²) in [5.41, 5.74) is 5.74. The third-order valence-electron chi connectivity index (χ3n) is 5.81. The molecule has 0 unspecified atom stereocenters. The Bertz CT molecular complexity index is 1740. The van der Waals surface area contributed by atoms with Crippen LogP contribution in [0, 0.1) is 6.07 Å². The van der Waals surface area contributed by atoms with E-state index in [0.717, 1.165) is 16.8 Å². The summed E-state index contributed by atoms with van der Waals surface area (Å²) < 4.78 is 2.60.